The Balaban J connectivity index is 2.11. The molecule has 12 heavy (non-hydrogen) atoms. The Bertz CT molecular complexity index is 185. The zero-order valence-corrected chi connectivity index (χ0v) is 6.20. The molecular weight excluding hydrogens is 168 g/mol. The Morgan fingerprint density at radius 1 is 1.08 bits per heavy atom. The smallest absolute Gasteiger partial charge is 0.388 e. The van der Waals surface area contributed by atoms with E-state index in [1.807, 2.05) is 0 Å². The number of hydrogen-bond donors (Lipinski definition) is 4. The second-order valence-electron chi connectivity index (χ2n) is 2.99. The molecule has 0 amide bonds. The van der Waals surface area contributed by atoms with E-state index in [1.165, 1.54) is 0 Å². The van der Waals surface area contributed by atoms with Gasteiger partial charge >= 0.3 is 6.29 Å². The molecule has 0 unspecified atom stereocenters. The summed E-state index contributed by atoms with van der Waals surface area (Å²) in [6.45, 7) is -0.341. The number of fused-ring (bicyclic) bond motifs is 1. The van der Waals surface area contributed by atoms with Gasteiger partial charge in [-0.2, -0.15) is 4.52 Å². The van der Waals surface area contributed by atoms with Crippen LogP contribution < -0.4 is 0 Å². The van der Waals surface area contributed by atoms with Crippen LogP contribution in [0.25, 0.3) is 0 Å². The summed E-state index contributed by atoms with van der Waals surface area (Å²) < 4.78 is 2.08. The SMILES string of the molecule is OC[C@@H]1[C@@H](O)[C@H](O)[C@H](O)[C@H]2O[O+]12. The lowest BCUT2D eigenvalue weighted by molar-refractivity contribution is -0.275. The van der Waals surface area contributed by atoms with Gasteiger partial charge in [0.2, 0.25) is 6.10 Å². The molecule has 0 bridgehead atoms. The van der Waals surface area contributed by atoms with Crippen molar-refractivity contribution in [1.29, 1.82) is 0 Å². The summed E-state index contributed by atoms with van der Waals surface area (Å²) in [7, 11) is 0. The summed E-state index contributed by atoms with van der Waals surface area (Å²) in [5.74, 6) is 0. The molecule has 2 aliphatic rings. The maximum absolute atomic E-state index is 9.29. The average molecular weight is 179 g/mol. The van der Waals surface area contributed by atoms with E-state index in [9.17, 15) is 15.3 Å². The first-order valence-corrected chi connectivity index (χ1v) is 3.71. The normalized spacial score (nSPS) is 53.5. The van der Waals surface area contributed by atoms with Crippen molar-refractivity contribution in [3.8, 4) is 0 Å². The van der Waals surface area contributed by atoms with E-state index in [-0.39, 0.29) is 6.61 Å². The molecule has 6 heteroatoms. The number of aliphatic hydroxyl groups is 4. The molecule has 0 aromatic heterocycles. The van der Waals surface area contributed by atoms with Gasteiger partial charge in [0.25, 0.3) is 0 Å². The van der Waals surface area contributed by atoms with Crippen LogP contribution in [-0.4, -0.2) is 57.7 Å². The molecule has 0 aliphatic carbocycles. The summed E-state index contributed by atoms with van der Waals surface area (Å²) in [4.78, 5) is 4.75. The molecule has 2 rings (SSSR count). The van der Waals surface area contributed by atoms with Gasteiger partial charge in [-0.15, -0.1) is 0 Å². The highest BCUT2D eigenvalue weighted by Gasteiger charge is 2.68. The fourth-order valence-electron chi connectivity index (χ4n) is 1.43. The van der Waals surface area contributed by atoms with E-state index in [1.54, 1.807) is 0 Å². The first-order chi connectivity index (χ1) is 5.66. The maximum atomic E-state index is 9.29. The van der Waals surface area contributed by atoms with Crippen LogP contribution >= 0.6 is 0 Å². The zero-order chi connectivity index (χ0) is 8.88. The highest BCUT2D eigenvalue weighted by molar-refractivity contribution is 4.93. The number of hydrogen-bond acceptors (Lipinski definition) is 5. The second kappa shape index (κ2) is 2.63. The molecule has 0 aromatic rings. The average Bonchev–Trinajstić information content (AvgIpc) is 2.81. The van der Waals surface area contributed by atoms with Crippen LogP contribution in [0.1, 0.15) is 0 Å². The molecule has 6 nitrogen and oxygen atoms in total. The van der Waals surface area contributed by atoms with E-state index in [2.05, 4.69) is 4.52 Å². The zero-order valence-electron chi connectivity index (χ0n) is 6.20. The minimum atomic E-state index is -1.27. The van der Waals surface area contributed by atoms with Crippen LogP contribution in [0.2, 0.25) is 0 Å². The van der Waals surface area contributed by atoms with Gasteiger partial charge in [-0.1, -0.05) is 0 Å². The van der Waals surface area contributed by atoms with Crippen LogP contribution in [0.3, 0.4) is 0 Å². The van der Waals surface area contributed by atoms with Crippen molar-refractivity contribution in [2.75, 3.05) is 6.61 Å². The van der Waals surface area contributed by atoms with Crippen molar-refractivity contribution < 1.29 is 29.8 Å². The molecular formula is C6H11O6+. The largest absolute Gasteiger partial charge is 0.399 e. The minimum absolute atomic E-state index is 0.341. The molecule has 4 N–H and O–H groups in total. The van der Waals surface area contributed by atoms with Crippen LogP contribution in [0, 0.1) is 0 Å². The third kappa shape index (κ3) is 0.972. The summed E-state index contributed by atoms with van der Waals surface area (Å²) >= 11 is 0. The van der Waals surface area contributed by atoms with E-state index in [4.69, 9.17) is 9.99 Å². The minimum Gasteiger partial charge on any atom is -0.388 e. The first kappa shape index (κ1) is 8.36. The van der Waals surface area contributed by atoms with Gasteiger partial charge in [0.1, 0.15) is 12.7 Å². The predicted octanol–water partition coefficient (Wildman–Crippen LogP) is -2.73. The third-order valence-electron chi connectivity index (χ3n) is 2.23. The molecule has 2 heterocycles. The van der Waals surface area contributed by atoms with Crippen molar-refractivity contribution in [2.24, 2.45) is 0 Å². The lowest BCUT2D eigenvalue weighted by Gasteiger charge is -2.25. The van der Waals surface area contributed by atoms with Crippen LogP contribution in [-0.2, 0) is 9.41 Å². The lowest BCUT2D eigenvalue weighted by Crippen LogP contribution is -2.54. The highest BCUT2D eigenvalue weighted by atomic mass is 17.5. The molecule has 2 fully saturated rings. The highest BCUT2D eigenvalue weighted by Crippen LogP contribution is 2.41. The fourth-order valence-corrected chi connectivity index (χ4v) is 1.43. The lowest BCUT2D eigenvalue weighted by atomic mass is 10.0. The monoisotopic (exact) mass is 179 g/mol. The summed E-state index contributed by atoms with van der Waals surface area (Å²) in [5.41, 5.74) is 0. The number of rotatable bonds is 1. The molecule has 0 spiro atoms. The van der Waals surface area contributed by atoms with Gasteiger partial charge in [-0.25, -0.2) is 0 Å². The summed E-state index contributed by atoms with van der Waals surface area (Å²) in [6.07, 6.45) is -4.96. The van der Waals surface area contributed by atoms with Crippen molar-refractivity contribution >= 4 is 0 Å². The standard InChI is InChI=1S/C6H11O6/c7-1-2-3(8)4(9)5(10)6-11-12(2)6/h2-10H,1H2/q+1/t2-,3-,4+,5+,6+/m1/s1. The van der Waals surface area contributed by atoms with Crippen LogP contribution in [0.15, 0.2) is 0 Å². The van der Waals surface area contributed by atoms with Gasteiger partial charge < -0.3 is 20.4 Å². The Hall–Kier alpha value is -0.240. The van der Waals surface area contributed by atoms with Crippen LogP contribution in [0.4, 0.5) is 0 Å². The first-order valence-electron chi connectivity index (χ1n) is 3.71. The quantitative estimate of drug-likeness (QED) is 0.199. The Labute approximate surface area is 68.2 Å². The fraction of sp³-hybridized carbons (Fsp3) is 1.00. The maximum Gasteiger partial charge on any atom is 0.399 e. The van der Waals surface area contributed by atoms with Gasteiger partial charge in [-0.3, -0.25) is 0 Å². The van der Waals surface area contributed by atoms with Gasteiger partial charge in [-0.05, 0) is 4.89 Å². The van der Waals surface area contributed by atoms with E-state index in [0.717, 1.165) is 0 Å². The Morgan fingerprint density at radius 3 is 2.33 bits per heavy atom. The van der Waals surface area contributed by atoms with Crippen molar-refractivity contribution in [3.63, 3.8) is 0 Å². The second-order valence-corrected chi connectivity index (χ2v) is 2.99. The summed E-state index contributed by atoms with van der Waals surface area (Å²) in [6, 6.07) is 0. The predicted molar refractivity (Wildman–Crippen MR) is 34.9 cm³/mol. The van der Waals surface area contributed by atoms with Crippen molar-refractivity contribution in [3.05, 3.63) is 0 Å². The van der Waals surface area contributed by atoms with Crippen molar-refractivity contribution in [1.82, 2.24) is 0 Å². The van der Waals surface area contributed by atoms with E-state index < -0.39 is 30.7 Å². The van der Waals surface area contributed by atoms with Gasteiger partial charge in [0.05, 0.1) is 0 Å². The molecule has 5 atom stereocenters. The van der Waals surface area contributed by atoms with Crippen LogP contribution in [0.5, 0.6) is 0 Å². The number of aliphatic hydroxyl groups excluding tert-OH is 4. The van der Waals surface area contributed by atoms with E-state index in [0.29, 0.717) is 0 Å². The molecule has 70 valence electrons. The molecule has 2 aliphatic heterocycles. The molecule has 0 radical (unpaired) electrons. The Kier molecular flexibility index (Phi) is 1.83. The Morgan fingerprint density at radius 2 is 1.75 bits per heavy atom. The van der Waals surface area contributed by atoms with Gasteiger partial charge in [0.15, 0.2) is 12.2 Å². The van der Waals surface area contributed by atoms with Crippen molar-refractivity contribution in [2.45, 2.75) is 30.7 Å². The summed E-state index contributed by atoms with van der Waals surface area (Å²) in [5, 5.41) is 36.5. The molecule has 0 aromatic carbocycles. The topological polar surface area (TPSA) is 96.2 Å². The van der Waals surface area contributed by atoms with E-state index >= 15 is 0 Å². The van der Waals surface area contributed by atoms with Gasteiger partial charge in [0, 0.05) is 0 Å². The molecule has 0 saturated carbocycles. The third-order valence-corrected chi connectivity index (χ3v) is 2.23. The molecule has 2 saturated heterocycles.